The van der Waals surface area contributed by atoms with E-state index in [0.717, 1.165) is 0 Å². The Morgan fingerprint density at radius 1 is 1.33 bits per heavy atom. The second kappa shape index (κ2) is 5.83. The van der Waals surface area contributed by atoms with E-state index >= 15 is 0 Å². The van der Waals surface area contributed by atoms with Crippen molar-refractivity contribution in [3.63, 3.8) is 0 Å². The first-order chi connectivity index (χ1) is 8.56. The minimum atomic E-state index is 0.0180. The van der Waals surface area contributed by atoms with E-state index < -0.39 is 0 Å². The number of amides is 1. The van der Waals surface area contributed by atoms with Crippen molar-refractivity contribution in [3.05, 3.63) is 0 Å². The predicted octanol–water partition coefficient (Wildman–Crippen LogP) is 2.46. The Morgan fingerprint density at radius 2 is 2.00 bits per heavy atom. The highest BCUT2D eigenvalue weighted by atomic mass is 32.2. The molecule has 1 aliphatic carbocycles. The summed E-state index contributed by atoms with van der Waals surface area (Å²) in [5, 5.41) is 4.09. The molecule has 0 bridgehead atoms. The fraction of sp³-hybridized carbons (Fsp3) is 0.929. The van der Waals surface area contributed by atoms with Gasteiger partial charge in [0.1, 0.15) is 0 Å². The van der Waals surface area contributed by atoms with Crippen LogP contribution in [0.2, 0.25) is 0 Å². The molecule has 1 N–H and O–H groups in total. The molecule has 0 radical (unpaired) electrons. The van der Waals surface area contributed by atoms with Gasteiger partial charge in [-0.05, 0) is 31.9 Å². The number of rotatable bonds is 3. The standard InChI is InChI=1S/C14H26N2OS/c1-9(2)13-14(17)16(10(3)15-13)11-7-5-6-8-12(11)18-4/h9-13,15H,5-8H2,1-4H3. The van der Waals surface area contributed by atoms with Crippen LogP contribution >= 0.6 is 11.8 Å². The molecule has 2 aliphatic rings. The van der Waals surface area contributed by atoms with Gasteiger partial charge < -0.3 is 4.90 Å². The van der Waals surface area contributed by atoms with Crippen LogP contribution in [-0.4, -0.2) is 40.6 Å². The van der Waals surface area contributed by atoms with E-state index in [1.54, 1.807) is 0 Å². The van der Waals surface area contributed by atoms with Gasteiger partial charge in [0, 0.05) is 11.3 Å². The summed E-state index contributed by atoms with van der Waals surface area (Å²) in [7, 11) is 0. The molecule has 4 unspecified atom stereocenters. The summed E-state index contributed by atoms with van der Waals surface area (Å²) in [4.78, 5) is 14.7. The summed E-state index contributed by atoms with van der Waals surface area (Å²) in [5.41, 5.74) is 0. The molecule has 0 aromatic rings. The molecule has 104 valence electrons. The molecule has 2 rings (SSSR count). The zero-order valence-electron chi connectivity index (χ0n) is 12.0. The van der Waals surface area contributed by atoms with Crippen molar-refractivity contribution in [1.82, 2.24) is 10.2 Å². The highest BCUT2D eigenvalue weighted by Gasteiger charge is 2.44. The summed E-state index contributed by atoms with van der Waals surface area (Å²) in [6.45, 7) is 6.38. The Balaban J connectivity index is 2.13. The summed E-state index contributed by atoms with van der Waals surface area (Å²) < 4.78 is 0. The van der Waals surface area contributed by atoms with Gasteiger partial charge in [-0.2, -0.15) is 11.8 Å². The third-order valence-corrected chi connectivity index (χ3v) is 5.51. The fourth-order valence-electron chi connectivity index (χ4n) is 3.36. The van der Waals surface area contributed by atoms with Crippen LogP contribution < -0.4 is 5.32 Å². The van der Waals surface area contributed by atoms with Crippen molar-refractivity contribution in [1.29, 1.82) is 0 Å². The Labute approximate surface area is 115 Å². The highest BCUT2D eigenvalue weighted by molar-refractivity contribution is 7.99. The van der Waals surface area contributed by atoms with E-state index in [4.69, 9.17) is 0 Å². The molecule has 0 aromatic heterocycles. The van der Waals surface area contributed by atoms with Gasteiger partial charge in [-0.15, -0.1) is 0 Å². The zero-order chi connectivity index (χ0) is 13.3. The molecule has 0 spiro atoms. The van der Waals surface area contributed by atoms with Gasteiger partial charge >= 0.3 is 0 Å². The van der Waals surface area contributed by atoms with Crippen LogP contribution in [0.25, 0.3) is 0 Å². The number of hydrogen-bond acceptors (Lipinski definition) is 3. The van der Waals surface area contributed by atoms with Gasteiger partial charge in [-0.1, -0.05) is 26.7 Å². The lowest BCUT2D eigenvalue weighted by atomic mass is 9.93. The molecule has 1 aliphatic heterocycles. The van der Waals surface area contributed by atoms with Crippen molar-refractivity contribution in [3.8, 4) is 0 Å². The molecule has 4 heteroatoms. The SMILES string of the molecule is CSC1CCCCC1N1C(=O)C(C(C)C)NC1C. The first-order valence-corrected chi connectivity index (χ1v) is 8.46. The van der Waals surface area contributed by atoms with E-state index in [2.05, 4.69) is 37.2 Å². The summed E-state index contributed by atoms with van der Waals surface area (Å²) in [6, 6.07) is 0.455. The van der Waals surface area contributed by atoms with Crippen LogP contribution in [0.4, 0.5) is 0 Å². The summed E-state index contributed by atoms with van der Waals surface area (Å²) in [5.74, 6) is 0.699. The van der Waals surface area contributed by atoms with Crippen LogP contribution in [0.15, 0.2) is 0 Å². The molecular formula is C14H26N2OS. The molecule has 0 aromatic carbocycles. The third kappa shape index (κ3) is 2.55. The first-order valence-electron chi connectivity index (χ1n) is 7.17. The highest BCUT2D eigenvalue weighted by Crippen LogP contribution is 2.34. The molecule has 4 atom stereocenters. The van der Waals surface area contributed by atoms with Crippen molar-refractivity contribution < 1.29 is 4.79 Å². The molecular weight excluding hydrogens is 244 g/mol. The van der Waals surface area contributed by atoms with Crippen LogP contribution in [0.3, 0.4) is 0 Å². The molecule has 1 heterocycles. The maximum Gasteiger partial charge on any atom is 0.241 e. The molecule has 1 amide bonds. The topological polar surface area (TPSA) is 32.3 Å². The zero-order valence-corrected chi connectivity index (χ0v) is 12.8. The van der Waals surface area contributed by atoms with E-state index in [1.807, 2.05) is 11.8 Å². The average molecular weight is 270 g/mol. The maximum absolute atomic E-state index is 12.6. The van der Waals surface area contributed by atoms with E-state index in [-0.39, 0.29) is 12.2 Å². The number of carbonyl (C=O) groups excluding carboxylic acids is 1. The number of nitrogens with one attached hydrogen (secondary N) is 1. The van der Waals surface area contributed by atoms with E-state index in [9.17, 15) is 4.79 Å². The van der Waals surface area contributed by atoms with Crippen LogP contribution in [-0.2, 0) is 4.79 Å². The van der Waals surface area contributed by atoms with Gasteiger partial charge in [-0.25, -0.2) is 0 Å². The Kier molecular flexibility index (Phi) is 4.59. The number of nitrogens with zero attached hydrogens (tertiary/aromatic N) is 1. The normalized spacial score (nSPS) is 37.6. The van der Waals surface area contributed by atoms with Gasteiger partial charge in [0.25, 0.3) is 0 Å². The van der Waals surface area contributed by atoms with Gasteiger partial charge in [0.05, 0.1) is 12.2 Å². The predicted molar refractivity (Wildman–Crippen MR) is 77.6 cm³/mol. The monoisotopic (exact) mass is 270 g/mol. The van der Waals surface area contributed by atoms with Crippen LogP contribution in [0, 0.1) is 5.92 Å². The summed E-state index contributed by atoms with van der Waals surface area (Å²) >= 11 is 1.93. The molecule has 2 fully saturated rings. The van der Waals surface area contributed by atoms with Crippen molar-refractivity contribution in [2.45, 2.75) is 70.0 Å². The molecule has 3 nitrogen and oxygen atoms in total. The van der Waals surface area contributed by atoms with Gasteiger partial charge in [-0.3, -0.25) is 10.1 Å². The lowest BCUT2D eigenvalue weighted by Crippen LogP contribution is -2.49. The van der Waals surface area contributed by atoms with E-state index in [0.29, 0.717) is 23.1 Å². The quantitative estimate of drug-likeness (QED) is 0.855. The number of hydrogen-bond donors (Lipinski definition) is 1. The second-order valence-electron chi connectivity index (χ2n) is 5.94. The number of thioether (sulfide) groups is 1. The van der Waals surface area contributed by atoms with E-state index in [1.165, 1.54) is 25.7 Å². The second-order valence-corrected chi connectivity index (χ2v) is 7.01. The lowest BCUT2D eigenvalue weighted by Gasteiger charge is -2.39. The van der Waals surface area contributed by atoms with Gasteiger partial charge in [0.15, 0.2) is 0 Å². The first kappa shape index (κ1) is 14.2. The molecule has 18 heavy (non-hydrogen) atoms. The average Bonchev–Trinajstić information content (AvgIpc) is 2.65. The molecule has 1 saturated heterocycles. The lowest BCUT2D eigenvalue weighted by molar-refractivity contribution is -0.133. The van der Waals surface area contributed by atoms with Crippen molar-refractivity contribution in [2.24, 2.45) is 5.92 Å². The Morgan fingerprint density at radius 3 is 2.56 bits per heavy atom. The Bertz CT molecular complexity index is 308. The Hall–Kier alpha value is -0.220. The smallest absolute Gasteiger partial charge is 0.241 e. The van der Waals surface area contributed by atoms with Gasteiger partial charge in [0.2, 0.25) is 5.91 Å². The third-order valence-electron chi connectivity index (χ3n) is 4.35. The molecule has 1 saturated carbocycles. The largest absolute Gasteiger partial charge is 0.322 e. The van der Waals surface area contributed by atoms with Crippen LogP contribution in [0.5, 0.6) is 0 Å². The van der Waals surface area contributed by atoms with Crippen molar-refractivity contribution in [2.75, 3.05) is 6.26 Å². The maximum atomic E-state index is 12.6. The van der Waals surface area contributed by atoms with Crippen LogP contribution in [0.1, 0.15) is 46.5 Å². The van der Waals surface area contributed by atoms with Crippen molar-refractivity contribution >= 4 is 17.7 Å². The fourth-order valence-corrected chi connectivity index (χ4v) is 4.35. The minimum Gasteiger partial charge on any atom is -0.322 e. The minimum absolute atomic E-state index is 0.0180. The number of carbonyl (C=O) groups is 1. The summed E-state index contributed by atoms with van der Waals surface area (Å²) in [6.07, 6.45) is 7.40.